The summed E-state index contributed by atoms with van der Waals surface area (Å²) in [7, 11) is 1.43. The molecule has 1 rings (SSSR count). The number of benzene rings is 1. The van der Waals surface area contributed by atoms with Gasteiger partial charge in [-0.25, -0.2) is 0 Å². The molecule has 0 aromatic heterocycles. The summed E-state index contributed by atoms with van der Waals surface area (Å²) < 4.78 is 4.84. The third kappa shape index (κ3) is 3.59. The maximum Gasteiger partial charge on any atom is 0.315 e. The lowest BCUT2D eigenvalue weighted by molar-refractivity contribution is -0.146. The Hall–Kier alpha value is -1.31. The Balaban J connectivity index is 2.92. The van der Waals surface area contributed by atoms with E-state index in [0.29, 0.717) is 0 Å². The first kappa shape index (κ1) is 14.7. The molecular formula is C16H24O2. The Kier molecular flexibility index (Phi) is 4.20. The van der Waals surface area contributed by atoms with Gasteiger partial charge in [-0.05, 0) is 36.8 Å². The zero-order chi connectivity index (χ0) is 14.0. The van der Waals surface area contributed by atoms with Crippen LogP contribution in [-0.2, 0) is 21.4 Å². The second-order valence-electron chi connectivity index (χ2n) is 6.55. The molecule has 0 bridgehead atoms. The summed E-state index contributed by atoms with van der Waals surface area (Å²) in [5, 5.41) is 0. The third-order valence-corrected chi connectivity index (χ3v) is 3.11. The van der Waals surface area contributed by atoms with Crippen LogP contribution in [0, 0.1) is 5.41 Å². The van der Waals surface area contributed by atoms with Crippen LogP contribution in [-0.4, -0.2) is 13.1 Å². The average Bonchev–Trinajstić information content (AvgIpc) is 2.26. The van der Waals surface area contributed by atoms with Gasteiger partial charge in [0.15, 0.2) is 0 Å². The highest BCUT2D eigenvalue weighted by Gasteiger charge is 2.30. The first-order valence-electron chi connectivity index (χ1n) is 6.34. The van der Waals surface area contributed by atoms with Crippen LogP contribution in [0.1, 0.15) is 45.7 Å². The third-order valence-electron chi connectivity index (χ3n) is 3.11. The molecule has 0 aliphatic rings. The van der Waals surface area contributed by atoms with Crippen molar-refractivity contribution >= 4 is 5.97 Å². The summed E-state index contributed by atoms with van der Waals surface area (Å²) >= 11 is 0. The zero-order valence-corrected chi connectivity index (χ0v) is 12.3. The maximum atomic E-state index is 11.7. The van der Waals surface area contributed by atoms with Crippen LogP contribution in [0.5, 0.6) is 0 Å². The molecule has 1 aromatic carbocycles. The Morgan fingerprint density at radius 1 is 1.06 bits per heavy atom. The van der Waals surface area contributed by atoms with E-state index in [1.165, 1.54) is 12.7 Å². The lowest BCUT2D eigenvalue weighted by Gasteiger charge is -2.23. The van der Waals surface area contributed by atoms with Crippen molar-refractivity contribution < 1.29 is 9.53 Å². The Morgan fingerprint density at radius 3 is 1.94 bits per heavy atom. The number of hydrogen-bond donors (Lipinski definition) is 0. The van der Waals surface area contributed by atoms with Crippen LogP contribution in [0.25, 0.3) is 0 Å². The van der Waals surface area contributed by atoms with Gasteiger partial charge in [0.05, 0.1) is 12.5 Å². The van der Waals surface area contributed by atoms with Crippen LogP contribution >= 0.6 is 0 Å². The minimum absolute atomic E-state index is 0.203. The fraction of sp³-hybridized carbons (Fsp3) is 0.562. The summed E-state index contributed by atoms with van der Waals surface area (Å²) in [6.07, 6.45) is 1.03. The summed E-state index contributed by atoms with van der Waals surface area (Å²) in [6, 6.07) is 8.26. The molecule has 0 unspecified atom stereocenters. The fourth-order valence-electron chi connectivity index (χ4n) is 2.02. The molecular weight excluding hydrogens is 224 g/mol. The Bertz CT molecular complexity index is 408. The van der Waals surface area contributed by atoms with Gasteiger partial charge >= 0.3 is 5.97 Å². The van der Waals surface area contributed by atoms with Crippen LogP contribution in [0.4, 0.5) is 0 Å². The molecule has 0 radical (unpaired) electrons. The lowest BCUT2D eigenvalue weighted by Crippen LogP contribution is -2.30. The smallest absolute Gasteiger partial charge is 0.315 e. The van der Waals surface area contributed by atoms with Crippen molar-refractivity contribution in [3.8, 4) is 0 Å². The molecule has 18 heavy (non-hydrogen) atoms. The van der Waals surface area contributed by atoms with Gasteiger partial charge in [-0.1, -0.05) is 45.0 Å². The number of methoxy groups -OCH3 is 1. The monoisotopic (exact) mass is 248 g/mol. The first-order valence-corrected chi connectivity index (χ1v) is 6.34. The lowest BCUT2D eigenvalue weighted by atomic mass is 9.82. The zero-order valence-electron chi connectivity index (χ0n) is 12.3. The molecule has 0 aliphatic heterocycles. The van der Waals surface area contributed by atoms with Gasteiger partial charge < -0.3 is 4.74 Å². The second-order valence-corrected chi connectivity index (χ2v) is 6.55. The SMILES string of the molecule is COC(=O)C(C)(C)c1ccc(CC(C)(C)C)cc1. The van der Waals surface area contributed by atoms with Gasteiger partial charge in [0.1, 0.15) is 0 Å². The normalized spacial score (nSPS) is 12.3. The standard InChI is InChI=1S/C16H24O2/c1-15(2,3)11-12-7-9-13(10-8-12)16(4,5)14(17)18-6/h7-10H,11H2,1-6H3. The molecule has 0 amide bonds. The van der Waals surface area contributed by atoms with Gasteiger partial charge in [0.25, 0.3) is 0 Å². The van der Waals surface area contributed by atoms with Crippen molar-refractivity contribution in [3.05, 3.63) is 35.4 Å². The molecule has 0 heterocycles. The summed E-state index contributed by atoms with van der Waals surface area (Å²) in [4.78, 5) is 11.7. The van der Waals surface area contributed by atoms with Gasteiger partial charge in [-0.15, -0.1) is 0 Å². The molecule has 2 nitrogen and oxygen atoms in total. The van der Waals surface area contributed by atoms with Crippen molar-refractivity contribution in [2.75, 3.05) is 7.11 Å². The van der Waals surface area contributed by atoms with E-state index < -0.39 is 5.41 Å². The van der Waals surface area contributed by atoms with E-state index in [4.69, 9.17) is 4.74 Å². The van der Waals surface area contributed by atoms with Crippen LogP contribution in [0.2, 0.25) is 0 Å². The molecule has 0 N–H and O–H groups in total. The highest BCUT2D eigenvalue weighted by molar-refractivity contribution is 5.82. The van der Waals surface area contributed by atoms with Crippen molar-refractivity contribution in [2.24, 2.45) is 5.41 Å². The molecule has 0 spiro atoms. The molecule has 1 aromatic rings. The highest BCUT2D eigenvalue weighted by Crippen LogP contribution is 2.26. The van der Waals surface area contributed by atoms with Crippen LogP contribution < -0.4 is 0 Å². The highest BCUT2D eigenvalue weighted by atomic mass is 16.5. The Labute approximate surface area is 110 Å². The van der Waals surface area contributed by atoms with E-state index in [1.807, 2.05) is 26.0 Å². The van der Waals surface area contributed by atoms with E-state index in [-0.39, 0.29) is 11.4 Å². The predicted octanol–water partition coefficient (Wildman–Crippen LogP) is 3.73. The first-order chi connectivity index (χ1) is 8.16. The van der Waals surface area contributed by atoms with Crippen molar-refractivity contribution in [1.29, 1.82) is 0 Å². The van der Waals surface area contributed by atoms with E-state index >= 15 is 0 Å². The average molecular weight is 248 g/mol. The maximum absolute atomic E-state index is 11.7. The van der Waals surface area contributed by atoms with E-state index in [1.54, 1.807) is 0 Å². The van der Waals surface area contributed by atoms with E-state index in [0.717, 1.165) is 12.0 Å². The van der Waals surface area contributed by atoms with Gasteiger partial charge in [-0.3, -0.25) is 4.79 Å². The summed E-state index contributed by atoms with van der Waals surface area (Å²) in [5.74, 6) is -0.203. The second kappa shape index (κ2) is 5.13. The van der Waals surface area contributed by atoms with Crippen LogP contribution in [0.3, 0.4) is 0 Å². The van der Waals surface area contributed by atoms with Gasteiger partial charge in [0, 0.05) is 0 Å². The topological polar surface area (TPSA) is 26.3 Å². The summed E-state index contributed by atoms with van der Waals surface area (Å²) in [5.41, 5.74) is 1.98. The van der Waals surface area contributed by atoms with E-state index in [2.05, 4.69) is 32.9 Å². The number of carbonyl (C=O) groups excluding carboxylic acids is 1. The Morgan fingerprint density at radius 2 is 1.56 bits per heavy atom. The minimum atomic E-state index is -0.588. The molecule has 2 heteroatoms. The molecule has 0 saturated carbocycles. The van der Waals surface area contributed by atoms with Gasteiger partial charge in [-0.2, -0.15) is 0 Å². The van der Waals surface area contributed by atoms with Gasteiger partial charge in [0.2, 0.25) is 0 Å². The van der Waals surface area contributed by atoms with E-state index in [9.17, 15) is 4.79 Å². The molecule has 0 fully saturated rings. The van der Waals surface area contributed by atoms with Crippen molar-refractivity contribution in [1.82, 2.24) is 0 Å². The number of hydrogen-bond acceptors (Lipinski definition) is 2. The number of esters is 1. The fourth-order valence-corrected chi connectivity index (χ4v) is 2.02. The van der Waals surface area contributed by atoms with Crippen LogP contribution in [0.15, 0.2) is 24.3 Å². The summed E-state index contributed by atoms with van der Waals surface area (Å²) in [6.45, 7) is 10.4. The molecule has 0 atom stereocenters. The number of rotatable bonds is 3. The molecule has 100 valence electrons. The quantitative estimate of drug-likeness (QED) is 0.762. The van der Waals surface area contributed by atoms with Crippen molar-refractivity contribution in [2.45, 2.75) is 46.5 Å². The largest absolute Gasteiger partial charge is 0.468 e. The predicted molar refractivity (Wildman–Crippen MR) is 74.6 cm³/mol. The molecule has 0 saturated heterocycles. The minimum Gasteiger partial charge on any atom is -0.468 e. The number of ether oxygens (including phenoxy) is 1. The van der Waals surface area contributed by atoms with Crippen molar-refractivity contribution in [3.63, 3.8) is 0 Å². The molecule has 0 aliphatic carbocycles. The number of carbonyl (C=O) groups is 1.